The second kappa shape index (κ2) is 10.4. The van der Waals surface area contributed by atoms with Gasteiger partial charge in [0.2, 0.25) is 11.8 Å². The first kappa shape index (κ1) is 20.5. The molecule has 7 heteroatoms. The van der Waals surface area contributed by atoms with Crippen molar-refractivity contribution in [2.24, 2.45) is 0 Å². The zero-order valence-corrected chi connectivity index (χ0v) is 15.9. The van der Waals surface area contributed by atoms with Gasteiger partial charge in [0.15, 0.2) is 0 Å². The van der Waals surface area contributed by atoms with Gasteiger partial charge in [0.25, 0.3) is 0 Å². The van der Waals surface area contributed by atoms with Crippen molar-refractivity contribution in [3.8, 4) is 0 Å². The Hall–Kier alpha value is -2.80. The summed E-state index contributed by atoms with van der Waals surface area (Å²) in [6, 6.07) is 16.6. The highest BCUT2D eigenvalue weighted by atomic mass is 32.2. The number of aryl methyl sites for hydroxylation is 1. The number of carbonyl (C=O) groups is 3. The van der Waals surface area contributed by atoms with Crippen LogP contribution in [-0.4, -0.2) is 45.8 Å². The van der Waals surface area contributed by atoms with Crippen molar-refractivity contribution < 1.29 is 19.5 Å². The van der Waals surface area contributed by atoms with Gasteiger partial charge < -0.3 is 15.3 Å². The summed E-state index contributed by atoms with van der Waals surface area (Å²) in [6.45, 7) is 1.82. The van der Waals surface area contributed by atoms with Crippen LogP contribution >= 0.6 is 11.8 Å². The summed E-state index contributed by atoms with van der Waals surface area (Å²) in [5.74, 6) is -1.42. The van der Waals surface area contributed by atoms with Gasteiger partial charge in [-0.1, -0.05) is 48.0 Å². The van der Waals surface area contributed by atoms with Crippen molar-refractivity contribution in [3.05, 3.63) is 65.7 Å². The van der Waals surface area contributed by atoms with Gasteiger partial charge in [-0.25, -0.2) is 0 Å². The molecule has 0 bridgehead atoms. The second-order valence-corrected chi connectivity index (χ2v) is 7.02. The van der Waals surface area contributed by atoms with Crippen LogP contribution in [0, 0.1) is 6.92 Å². The van der Waals surface area contributed by atoms with Crippen molar-refractivity contribution in [2.45, 2.75) is 13.5 Å². The summed E-state index contributed by atoms with van der Waals surface area (Å²) >= 11 is 1.16. The van der Waals surface area contributed by atoms with Crippen LogP contribution in [-0.2, 0) is 20.9 Å². The highest BCUT2D eigenvalue weighted by Crippen LogP contribution is 2.11. The molecule has 0 aromatic heterocycles. The molecule has 0 fully saturated rings. The summed E-state index contributed by atoms with van der Waals surface area (Å²) in [7, 11) is 0. The molecule has 6 nitrogen and oxygen atoms in total. The molecule has 27 heavy (non-hydrogen) atoms. The van der Waals surface area contributed by atoms with Crippen molar-refractivity contribution in [2.75, 3.05) is 23.4 Å². The minimum atomic E-state index is -1.07. The van der Waals surface area contributed by atoms with E-state index >= 15 is 0 Å². The largest absolute Gasteiger partial charge is 0.480 e. The number of nitrogens with zero attached hydrogens (tertiary/aromatic N) is 1. The summed E-state index contributed by atoms with van der Waals surface area (Å²) in [6.07, 6.45) is 0. The third kappa shape index (κ3) is 7.53. The first-order valence-electron chi connectivity index (χ1n) is 8.42. The van der Waals surface area contributed by atoms with E-state index in [1.165, 1.54) is 4.90 Å². The lowest BCUT2D eigenvalue weighted by Gasteiger charge is -2.20. The number of anilines is 1. The van der Waals surface area contributed by atoms with E-state index in [1.807, 2.05) is 61.5 Å². The van der Waals surface area contributed by atoms with E-state index in [0.717, 1.165) is 22.9 Å². The highest BCUT2D eigenvalue weighted by Gasteiger charge is 2.17. The molecule has 2 N–H and O–H groups in total. The number of nitrogens with one attached hydrogen (secondary N) is 1. The van der Waals surface area contributed by atoms with Crippen LogP contribution in [0.4, 0.5) is 5.69 Å². The maximum absolute atomic E-state index is 12.4. The Morgan fingerprint density at radius 3 is 2.30 bits per heavy atom. The molecule has 0 unspecified atom stereocenters. The number of carboxylic acid groups (broad SMARTS) is 1. The number of aliphatic carboxylic acids is 1. The highest BCUT2D eigenvalue weighted by molar-refractivity contribution is 8.00. The van der Waals surface area contributed by atoms with Gasteiger partial charge >= 0.3 is 5.97 Å². The molecule has 0 spiro atoms. The number of thioether (sulfide) groups is 1. The Labute approximate surface area is 162 Å². The summed E-state index contributed by atoms with van der Waals surface area (Å²) < 4.78 is 0. The van der Waals surface area contributed by atoms with Gasteiger partial charge in [-0.15, -0.1) is 11.8 Å². The molecule has 0 aliphatic heterocycles. The summed E-state index contributed by atoms with van der Waals surface area (Å²) in [5, 5.41) is 11.8. The van der Waals surface area contributed by atoms with Gasteiger partial charge in [0.1, 0.15) is 6.54 Å². The van der Waals surface area contributed by atoms with E-state index < -0.39 is 5.97 Å². The topological polar surface area (TPSA) is 86.7 Å². The van der Waals surface area contributed by atoms with Crippen LogP contribution in [0.3, 0.4) is 0 Å². The number of carbonyl (C=O) groups excluding carboxylic acids is 2. The lowest BCUT2D eigenvalue weighted by Crippen LogP contribution is -2.36. The number of carboxylic acids is 1. The van der Waals surface area contributed by atoms with Crippen LogP contribution in [0.1, 0.15) is 11.1 Å². The van der Waals surface area contributed by atoms with Crippen molar-refractivity contribution in [1.29, 1.82) is 0 Å². The zero-order chi connectivity index (χ0) is 19.6. The molecular weight excluding hydrogens is 364 g/mol. The number of benzene rings is 2. The average Bonchev–Trinajstić information content (AvgIpc) is 2.63. The van der Waals surface area contributed by atoms with E-state index in [-0.39, 0.29) is 36.4 Å². The van der Waals surface area contributed by atoms with Crippen LogP contribution < -0.4 is 5.32 Å². The molecule has 2 amide bonds. The predicted octanol–water partition coefficient (Wildman–Crippen LogP) is 2.78. The van der Waals surface area contributed by atoms with Crippen LogP contribution in [0.5, 0.6) is 0 Å². The fourth-order valence-corrected chi connectivity index (χ4v) is 3.07. The smallest absolute Gasteiger partial charge is 0.323 e. The molecule has 0 aliphatic carbocycles. The standard InChI is InChI=1S/C20H22N2O4S/c1-15-7-9-17(10-8-15)21-18(23)13-27-14-19(24)22(12-20(25)26)11-16-5-3-2-4-6-16/h2-10H,11-14H2,1H3,(H,21,23)(H,25,26). The minimum absolute atomic E-state index is 0.0431. The van der Waals surface area contributed by atoms with E-state index in [1.54, 1.807) is 0 Å². The SMILES string of the molecule is Cc1ccc(NC(=O)CSCC(=O)N(CC(=O)O)Cc2ccccc2)cc1. The third-order valence-corrected chi connectivity index (χ3v) is 4.61. The van der Waals surface area contributed by atoms with Crippen molar-refractivity contribution in [3.63, 3.8) is 0 Å². The number of amides is 2. The molecule has 2 aromatic rings. The normalized spacial score (nSPS) is 10.3. The Morgan fingerprint density at radius 2 is 1.67 bits per heavy atom. The van der Waals surface area contributed by atoms with Gasteiger partial charge in [-0.05, 0) is 24.6 Å². The maximum Gasteiger partial charge on any atom is 0.323 e. The lowest BCUT2D eigenvalue weighted by molar-refractivity contribution is -0.143. The Kier molecular flexibility index (Phi) is 7.88. The average molecular weight is 386 g/mol. The van der Waals surface area contributed by atoms with Crippen LogP contribution in [0.2, 0.25) is 0 Å². The predicted molar refractivity (Wildman–Crippen MR) is 107 cm³/mol. The minimum Gasteiger partial charge on any atom is -0.480 e. The van der Waals surface area contributed by atoms with E-state index in [0.29, 0.717) is 5.69 Å². The van der Waals surface area contributed by atoms with Crippen LogP contribution in [0.25, 0.3) is 0 Å². The quantitative estimate of drug-likeness (QED) is 0.692. The summed E-state index contributed by atoms with van der Waals surface area (Å²) in [5.41, 5.74) is 2.66. The number of hydrogen-bond acceptors (Lipinski definition) is 4. The number of rotatable bonds is 9. The molecule has 2 rings (SSSR count). The molecule has 0 heterocycles. The van der Waals surface area contributed by atoms with Crippen molar-refractivity contribution in [1.82, 2.24) is 4.90 Å². The molecule has 0 saturated heterocycles. The van der Waals surface area contributed by atoms with Gasteiger partial charge in [-0.3, -0.25) is 14.4 Å². The molecule has 142 valence electrons. The fraction of sp³-hybridized carbons (Fsp3) is 0.250. The van der Waals surface area contributed by atoms with E-state index in [2.05, 4.69) is 5.32 Å². The van der Waals surface area contributed by atoms with E-state index in [4.69, 9.17) is 5.11 Å². The van der Waals surface area contributed by atoms with Gasteiger partial charge in [0, 0.05) is 12.2 Å². The summed E-state index contributed by atoms with van der Waals surface area (Å²) in [4.78, 5) is 36.7. The Balaban J connectivity index is 1.82. The van der Waals surface area contributed by atoms with Gasteiger partial charge in [-0.2, -0.15) is 0 Å². The molecular formula is C20H22N2O4S. The van der Waals surface area contributed by atoms with Crippen LogP contribution in [0.15, 0.2) is 54.6 Å². The van der Waals surface area contributed by atoms with Gasteiger partial charge in [0.05, 0.1) is 11.5 Å². The molecule has 0 aliphatic rings. The molecule has 0 saturated carbocycles. The molecule has 0 radical (unpaired) electrons. The monoisotopic (exact) mass is 386 g/mol. The Bertz CT molecular complexity index is 778. The van der Waals surface area contributed by atoms with E-state index in [9.17, 15) is 14.4 Å². The molecule has 2 aromatic carbocycles. The lowest BCUT2D eigenvalue weighted by atomic mass is 10.2. The molecule has 0 atom stereocenters. The Morgan fingerprint density at radius 1 is 1.00 bits per heavy atom. The third-order valence-electron chi connectivity index (χ3n) is 3.69. The second-order valence-electron chi connectivity index (χ2n) is 6.04. The number of hydrogen-bond donors (Lipinski definition) is 2. The maximum atomic E-state index is 12.4. The fourth-order valence-electron chi connectivity index (χ4n) is 2.36. The zero-order valence-electron chi connectivity index (χ0n) is 15.1. The van der Waals surface area contributed by atoms with Crippen molar-refractivity contribution >= 4 is 35.2 Å². The first-order valence-corrected chi connectivity index (χ1v) is 9.57. The first-order chi connectivity index (χ1) is 12.9.